The molecule has 5 nitrogen and oxygen atoms in total. The van der Waals surface area contributed by atoms with E-state index in [2.05, 4.69) is 11.1 Å². The molecular weight excluding hydrogens is 262 g/mol. The molecule has 2 aromatic heterocycles. The van der Waals surface area contributed by atoms with Crippen molar-refractivity contribution in [3.63, 3.8) is 0 Å². The van der Waals surface area contributed by atoms with Crippen molar-refractivity contribution in [1.29, 1.82) is 5.26 Å². The predicted molar refractivity (Wildman–Crippen MR) is 72.0 cm³/mol. The Balaban J connectivity index is 1.95. The van der Waals surface area contributed by atoms with Crippen molar-refractivity contribution in [2.24, 2.45) is 0 Å². The number of nitriles is 1. The molecule has 6 heteroatoms. The van der Waals surface area contributed by atoms with E-state index in [4.69, 9.17) is 9.68 Å². The van der Waals surface area contributed by atoms with Gasteiger partial charge in [0.25, 0.3) is 0 Å². The van der Waals surface area contributed by atoms with Crippen LogP contribution in [0.15, 0.2) is 21.9 Å². The topological polar surface area (TPSA) is 73.3 Å². The van der Waals surface area contributed by atoms with Crippen molar-refractivity contribution in [1.82, 2.24) is 4.98 Å². The molecular formula is C13H13N3O2S. The molecule has 0 unspecified atom stereocenters. The number of anilines is 1. The Labute approximate surface area is 114 Å². The van der Waals surface area contributed by atoms with Gasteiger partial charge in [-0.3, -0.25) is 0 Å². The van der Waals surface area contributed by atoms with Gasteiger partial charge in [-0.15, -0.1) is 11.3 Å². The third kappa shape index (κ3) is 2.35. The highest BCUT2D eigenvalue weighted by Gasteiger charge is 2.25. The Hall–Kier alpha value is -1.84. The molecule has 19 heavy (non-hydrogen) atoms. The van der Waals surface area contributed by atoms with E-state index in [1.165, 1.54) is 11.3 Å². The molecule has 1 saturated heterocycles. The van der Waals surface area contributed by atoms with Gasteiger partial charge in [-0.1, -0.05) is 6.07 Å². The first-order chi connectivity index (χ1) is 9.28. The van der Waals surface area contributed by atoms with Crippen molar-refractivity contribution < 1.29 is 9.52 Å². The van der Waals surface area contributed by atoms with Crippen molar-refractivity contribution in [2.45, 2.75) is 18.9 Å². The highest BCUT2D eigenvalue weighted by Crippen LogP contribution is 2.31. The van der Waals surface area contributed by atoms with Crippen molar-refractivity contribution in [2.75, 3.05) is 18.0 Å². The lowest BCUT2D eigenvalue weighted by atomic mass is 10.1. The molecule has 0 aliphatic carbocycles. The van der Waals surface area contributed by atoms with Crippen LogP contribution in [0.5, 0.6) is 0 Å². The second-order valence-electron chi connectivity index (χ2n) is 4.50. The summed E-state index contributed by atoms with van der Waals surface area (Å²) in [7, 11) is 0. The van der Waals surface area contributed by atoms with Crippen LogP contribution in [0.25, 0.3) is 10.8 Å². The van der Waals surface area contributed by atoms with Gasteiger partial charge in [0, 0.05) is 13.1 Å². The van der Waals surface area contributed by atoms with Crippen LogP contribution in [0.1, 0.15) is 18.5 Å². The van der Waals surface area contributed by atoms with E-state index in [-0.39, 0.29) is 11.8 Å². The summed E-state index contributed by atoms with van der Waals surface area (Å²) in [5.74, 6) is 0.950. The van der Waals surface area contributed by atoms with Gasteiger partial charge in [-0.25, -0.2) is 0 Å². The summed E-state index contributed by atoms with van der Waals surface area (Å²) in [6, 6.07) is 5.89. The zero-order chi connectivity index (χ0) is 13.2. The first kappa shape index (κ1) is 12.2. The van der Waals surface area contributed by atoms with Crippen LogP contribution < -0.4 is 4.90 Å². The van der Waals surface area contributed by atoms with Crippen LogP contribution in [0.4, 0.5) is 5.88 Å². The van der Waals surface area contributed by atoms with Gasteiger partial charge in [-0.05, 0) is 24.3 Å². The maximum atomic E-state index is 9.71. The highest BCUT2D eigenvalue weighted by atomic mass is 32.1. The maximum absolute atomic E-state index is 9.71. The Bertz CT molecular complexity index is 600. The number of aliphatic hydroxyl groups excluding tert-OH is 1. The predicted octanol–water partition coefficient (Wildman–Crippen LogP) is 2.24. The molecule has 1 fully saturated rings. The molecule has 0 aromatic carbocycles. The fourth-order valence-electron chi connectivity index (χ4n) is 2.24. The van der Waals surface area contributed by atoms with Gasteiger partial charge in [-0.2, -0.15) is 10.2 Å². The second-order valence-corrected chi connectivity index (χ2v) is 5.45. The van der Waals surface area contributed by atoms with Gasteiger partial charge in [0.1, 0.15) is 6.07 Å². The number of β-amino-alcohol motifs (C(OH)–C–C–N with tert-alkyl or cyclic N) is 1. The number of oxazole rings is 1. The Morgan fingerprint density at radius 1 is 1.58 bits per heavy atom. The van der Waals surface area contributed by atoms with Gasteiger partial charge >= 0.3 is 0 Å². The zero-order valence-electron chi connectivity index (χ0n) is 10.2. The van der Waals surface area contributed by atoms with Gasteiger partial charge in [0.2, 0.25) is 17.5 Å². The summed E-state index contributed by atoms with van der Waals surface area (Å²) in [5.41, 5.74) is 0.289. The first-order valence-electron chi connectivity index (χ1n) is 6.15. The van der Waals surface area contributed by atoms with Crippen LogP contribution in [0.2, 0.25) is 0 Å². The quantitative estimate of drug-likeness (QED) is 0.909. The molecule has 3 rings (SSSR count). The summed E-state index contributed by atoms with van der Waals surface area (Å²) < 4.78 is 5.73. The molecule has 1 N–H and O–H groups in total. The smallest absolute Gasteiger partial charge is 0.240 e. The average Bonchev–Trinajstić information content (AvgIpc) is 3.07. The molecule has 0 radical (unpaired) electrons. The lowest BCUT2D eigenvalue weighted by molar-refractivity contribution is 0.152. The molecule has 1 aliphatic heterocycles. The highest BCUT2D eigenvalue weighted by molar-refractivity contribution is 7.13. The van der Waals surface area contributed by atoms with Gasteiger partial charge < -0.3 is 14.4 Å². The van der Waals surface area contributed by atoms with Crippen LogP contribution >= 0.6 is 11.3 Å². The summed E-state index contributed by atoms with van der Waals surface area (Å²) in [6.07, 6.45) is 1.32. The lowest BCUT2D eigenvalue weighted by Crippen LogP contribution is -2.38. The van der Waals surface area contributed by atoms with E-state index < -0.39 is 0 Å². The third-order valence-electron chi connectivity index (χ3n) is 3.13. The number of nitrogens with zero attached hydrogens (tertiary/aromatic N) is 3. The molecule has 98 valence electrons. The summed E-state index contributed by atoms with van der Waals surface area (Å²) in [6.45, 7) is 1.28. The maximum Gasteiger partial charge on any atom is 0.240 e. The van der Waals surface area contributed by atoms with Crippen molar-refractivity contribution in [3.8, 4) is 16.8 Å². The minimum atomic E-state index is -0.365. The Kier molecular flexibility index (Phi) is 3.23. The fourth-order valence-corrected chi connectivity index (χ4v) is 2.89. The zero-order valence-corrected chi connectivity index (χ0v) is 11.1. The molecule has 2 aromatic rings. The number of piperidine rings is 1. The SMILES string of the molecule is N#Cc1nc(-c2cccs2)oc1N1CCC[C@H](O)C1. The standard InChI is InChI=1S/C13H13N3O2S/c14-7-10-13(16-5-1-3-9(17)8-16)18-12(15-10)11-4-2-6-19-11/h2,4,6,9,17H,1,3,5,8H2/t9-/m0/s1. The van der Waals surface area contributed by atoms with Crippen LogP contribution in [0.3, 0.4) is 0 Å². The fraction of sp³-hybridized carbons (Fsp3) is 0.385. The van der Waals surface area contributed by atoms with E-state index in [0.29, 0.717) is 18.3 Å². The number of aromatic nitrogens is 1. The molecule has 0 saturated carbocycles. The van der Waals surface area contributed by atoms with Crippen molar-refractivity contribution in [3.05, 3.63) is 23.2 Å². The number of thiophene rings is 1. The first-order valence-corrected chi connectivity index (χ1v) is 7.03. The van der Waals surface area contributed by atoms with Crippen LogP contribution in [0, 0.1) is 11.3 Å². The number of hydrogen-bond acceptors (Lipinski definition) is 6. The van der Waals surface area contributed by atoms with E-state index >= 15 is 0 Å². The van der Waals surface area contributed by atoms with E-state index in [1.54, 1.807) is 0 Å². The number of rotatable bonds is 2. The molecule has 0 bridgehead atoms. The largest absolute Gasteiger partial charge is 0.418 e. The summed E-state index contributed by atoms with van der Waals surface area (Å²) >= 11 is 1.52. The monoisotopic (exact) mass is 275 g/mol. The Morgan fingerprint density at radius 2 is 2.47 bits per heavy atom. The minimum absolute atomic E-state index is 0.289. The second kappa shape index (κ2) is 5.03. The lowest BCUT2D eigenvalue weighted by Gasteiger charge is -2.29. The van der Waals surface area contributed by atoms with Gasteiger partial charge in [0.05, 0.1) is 11.0 Å². The molecule has 1 atom stereocenters. The normalized spacial score (nSPS) is 19.4. The molecule has 0 amide bonds. The van der Waals surface area contributed by atoms with E-state index in [1.807, 2.05) is 22.4 Å². The van der Waals surface area contributed by atoms with Gasteiger partial charge in [0.15, 0.2) is 0 Å². The van der Waals surface area contributed by atoms with E-state index in [9.17, 15) is 5.11 Å². The summed E-state index contributed by atoms with van der Waals surface area (Å²) in [5, 5.41) is 20.8. The number of hydrogen-bond donors (Lipinski definition) is 1. The van der Waals surface area contributed by atoms with Crippen LogP contribution in [-0.2, 0) is 0 Å². The average molecular weight is 275 g/mol. The molecule has 1 aliphatic rings. The molecule has 0 spiro atoms. The minimum Gasteiger partial charge on any atom is -0.418 e. The Morgan fingerprint density at radius 3 is 3.16 bits per heavy atom. The van der Waals surface area contributed by atoms with Crippen LogP contribution in [-0.4, -0.2) is 29.3 Å². The number of aliphatic hydroxyl groups is 1. The van der Waals surface area contributed by atoms with E-state index in [0.717, 1.165) is 24.3 Å². The summed E-state index contributed by atoms with van der Waals surface area (Å²) in [4.78, 5) is 7.03. The van der Waals surface area contributed by atoms with Crippen molar-refractivity contribution >= 4 is 17.2 Å². The third-order valence-corrected chi connectivity index (χ3v) is 3.99. The molecule has 3 heterocycles.